The molecule has 0 unspecified atom stereocenters. The Morgan fingerprint density at radius 2 is 1.02 bits per heavy atom. The van der Waals surface area contributed by atoms with Crippen molar-refractivity contribution in [1.82, 2.24) is 4.57 Å². The average molecular weight is 602 g/mol. The average Bonchev–Trinajstić information content (AvgIpc) is 3.72. The van der Waals surface area contributed by atoms with E-state index in [1.165, 1.54) is 82.8 Å². The number of fused-ring (bicyclic) bond motifs is 9. The van der Waals surface area contributed by atoms with E-state index in [1.807, 2.05) is 6.07 Å². The van der Waals surface area contributed by atoms with Gasteiger partial charge in [0, 0.05) is 32.6 Å². The maximum Gasteiger partial charge on any atom is 0.136 e. The molecule has 0 atom stereocenters. The summed E-state index contributed by atoms with van der Waals surface area (Å²) < 4.78 is 8.77. The number of rotatable bonds is 3. The van der Waals surface area contributed by atoms with Gasteiger partial charge in [-0.1, -0.05) is 111 Å². The number of nitrogens with zero attached hydrogens (tertiary/aromatic N) is 1. The smallest absolute Gasteiger partial charge is 0.136 e. The third kappa shape index (κ3) is 3.79. The van der Waals surface area contributed by atoms with Crippen LogP contribution in [0.2, 0.25) is 0 Å². The molecule has 1 aliphatic rings. The van der Waals surface area contributed by atoms with Gasteiger partial charge in [-0.3, -0.25) is 0 Å². The molecule has 47 heavy (non-hydrogen) atoms. The molecule has 0 spiro atoms. The van der Waals surface area contributed by atoms with Crippen LogP contribution in [-0.4, -0.2) is 4.57 Å². The van der Waals surface area contributed by atoms with Gasteiger partial charge in [0.25, 0.3) is 0 Å². The Morgan fingerprint density at radius 1 is 0.426 bits per heavy atom. The number of para-hydroxylation sites is 1. The van der Waals surface area contributed by atoms with Gasteiger partial charge in [0.15, 0.2) is 0 Å². The summed E-state index contributed by atoms with van der Waals surface area (Å²) in [6.45, 7) is 4.72. The summed E-state index contributed by atoms with van der Waals surface area (Å²) in [5, 5.41) is 4.88. The van der Waals surface area contributed by atoms with Crippen LogP contribution in [0.3, 0.4) is 0 Å². The fourth-order valence-electron chi connectivity index (χ4n) is 8.00. The summed E-state index contributed by atoms with van der Waals surface area (Å²) >= 11 is 0. The van der Waals surface area contributed by atoms with E-state index < -0.39 is 0 Å². The molecular weight excluding hydrogens is 571 g/mol. The molecule has 0 N–H and O–H groups in total. The second kappa shape index (κ2) is 9.57. The molecule has 2 nitrogen and oxygen atoms in total. The van der Waals surface area contributed by atoms with E-state index in [9.17, 15) is 0 Å². The molecule has 0 fully saturated rings. The first-order valence-corrected chi connectivity index (χ1v) is 16.3. The van der Waals surface area contributed by atoms with Crippen molar-refractivity contribution < 1.29 is 4.42 Å². The quantitative estimate of drug-likeness (QED) is 0.197. The monoisotopic (exact) mass is 601 g/mol. The third-order valence-electron chi connectivity index (χ3n) is 10.4. The highest BCUT2D eigenvalue weighted by Crippen LogP contribution is 2.51. The maximum atomic E-state index is 6.32. The van der Waals surface area contributed by atoms with Gasteiger partial charge in [-0.25, -0.2) is 0 Å². The molecule has 0 saturated heterocycles. The predicted molar refractivity (Wildman–Crippen MR) is 196 cm³/mol. The van der Waals surface area contributed by atoms with Gasteiger partial charge < -0.3 is 8.98 Å². The fraction of sp³-hybridized carbons (Fsp3) is 0.0667. The van der Waals surface area contributed by atoms with Gasteiger partial charge in [-0.2, -0.15) is 0 Å². The van der Waals surface area contributed by atoms with Crippen LogP contribution in [0.25, 0.3) is 82.8 Å². The van der Waals surface area contributed by atoms with Crippen LogP contribution in [0.15, 0.2) is 156 Å². The summed E-state index contributed by atoms with van der Waals surface area (Å²) in [5.41, 5.74) is 15.5. The Hall–Kier alpha value is -5.86. The zero-order valence-electron chi connectivity index (χ0n) is 26.3. The largest absolute Gasteiger partial charge is 0.456 e. The number of hydrogen-bond acceptors (Lipinski definition) is 1. The molecule has 7 aromatic carbocycles. The topological polar surface area (TPSA) is 18.1 Å². The Bertz CT molecular complexity index is 2590. The minimum Gasteiger partial charge on any atom is -0.456 e. The van der Waals surface area contributed by atoms with Crippen molar-refractivity contribution in [2.75, 3.05) is 0 Å². The van der Waals surface area contributed by atoms with Gasteiger partial charge in [0.1, 0.15) is 11.2 Å². The predicted octanol–water partition coefficient (Wildman–Crippen LogP) is 12.3. The Kier molecular flexibility index (Phi) is 5.37. The fourth-order valence-corrected chi connectivity index (χ4v) is 8.00. The lowest BCUT2D eigenvalue weighted by molar-refractivity contribution is 0.657. The van der Waals surface area contributed by atoms with Crippen LogP contribution in [0.5, 0.6) is 0 Å². The Morgan fingerprint density at radius 3 is 1.68 bits per heavy atom. The molecule has 2 heterocycles. The Labute approximate surface area is 273 Å². The summed E-state index contributed by atoms with van der Waals surface area (Å²) in [4.78, 5) is 0. The van der Waals surface area contributed by atoms with E-state index in [0.717, 1.165) is 11.2 Å². The van der Waals surface area contributed by atoms with Crippen LogP contribution in [0.4, 0.5) is 0 Å². The molecule has 9 aromatic rings. The van der Waals surface area contributed by atoms with Crippen molar-refractivity contribution in [3.8, 4) is 39.1 Å². The molecular formula is C45H31NO. The molecule has 2 heteroatoms. The van der Waals surface area contributed by atoms with Crippen LogP contribution >= 0.6 is 0 Å². The van der Waals surface area contributed by atoms with E-state index in [4.69, 9.17) is 4.42 Å². The van der Waals surface area contributed by atoms with Crippen molar-refractivity contribution in [1.29, 1.82) is 0 Å². The van der Waals surface area contributed by atoms with E-state index in [0.29, 0.717) is 0 Å². The zero-order chi connectivity index (χ0) is 31.3. The highest BCUT2D eigenvalue weighted by atomic mass is 16.3. The highest BCUT2D eigenvalue weighted by molar-refractivity contribution is 6.12. The molecule has 0 aliphatic heterocycles. The summed E-state index contributed by atoms with van der Waals surface area (Å²) in [6.07, 6.45) is 0. The molecule has 0 radical (unpaired) electrons. The Balaban J connectivity index is 1.19. The van der Waals surface area contributed by atoms with Crippen molar-refractivity contribution in [3.05, 3.63) is 163 Å². The standard InChI is InChI=1S/C45H31NO/c1-45(2)39-25-32(19-20-33(39)35-27-44-38(26-40(35)45)34-15-9-10-16-43(34)47-44)46-41-21-17-30(28-11-5-3-6-12-28)23-36(41)37-24-31(18-22-42(37)46)29-13-7-4-8-14-29/h3-27H,1-2H3. The first-order valence-electron chi connectivity index (χ1n) is 16.3. The van der Waals surface area contributed by atoms with Gasteiger partial charge >= 0.3 is 0 Å². The molecule has 222 valence electrons. The number of furan rings is 1. The molecule has 2 aromatic heterocycles. The highest BCUT2D eigenvalue weighted by Gasteiger charge is 2.36. The third-order valence-corrected chi connectivity index (χ3v) is 10.4. The van der Waals surface area contributed by atoms with E-state index >= 15 is 0 Å². The summed E-state index contributed by atoms with van der Waals surface area (Å²) in [7, 11) is 0. The molecule has 0 bridgehead atoms. The normalized spacial score (nSPS) is 13.5. The van der Waals surface area contributed by atoms with Gasteiger partial charge in [-0.05, 0) is 99.1 Å². The van der Waals surface area contributed by atoms with Crippen molar-refractivity contribution >= 4 is 43.7 Å². The summed E-state index contributed by atoms with van der Waals surface area (Å²) in [6, 6.07) is 55.2. The van der Waals surface area contributed by atoms with E-state index in [2.05, 4.69) is 164 Å². The van der Waals surface area contributed by atoms with Crippen molar-refractivity contribution in [2.45, 2.75) is 19.3 Å². The van der Waals surface area contributed by atoms with Crippen molar-refractivity contribution in [3.63, 3.8) is 0 Å². The van der Waals surface area contributed by atoms with Crippen LogP contribution in [0.1, 0.15) is 25.0 Å². The van der Waals surface area contributed by atoms with Crippen molar-refractivity contribution in [2.24, 2.45) is 0 Å². The lowest BCUT2D eigenvalue weighted by atomic mass is 9.82. The lowest BCUT2D eigenvalue weighted by Crippen LogP contribution is -2.15. The molecule has 0 amide bonds. The van der Waals surface area contributed by atoms with E-state index in [1.54, 1.807) is 0 Å². The van der Waals surface area contributed by atoms with Gasteiger partial charge in [0.2, 0.25) is 0 Å². The zero-order valence-corrected chi connectivity index (χ0v) is 26.3. The lowest BCUT2D eigenvalue weighted by Gasteiger charge is -2.22. The van der Waals surface area contributed by atoms with Crippen LogP contribution in [-0.2, 0) is 5.41 Å². The number of hydrogen-bond donors (Lipinski definition) is 0. The second-order valence-corrected chi connectivity index (χ2v) is 13.4. The van der Waals surface area contributed by atoms with Crippen LogP contribution < -0.4 is 0 Å². The SMILES string of the molecule is CC1(C)c2cc(-n3c4ccc(-c5ccccc5)cc4c4cc(-c5ccccc5)ccc43)ccc2-c2cc3oc4ccccc4c3cc21. The van der Waals surface area contributed by atoms with Gasteiger partial charge in [0.05, 0.1) is 11.0 Å². The van der Waals surface area contributed by atoms with E-state index in [-0.39, 0.29) is 5.41 Å². The first-order chi connectivity index (χ1) is 23.0. The first kappa shape index (κ1) is 26.4. The summed E-state index contributed by atoms with van der Waals surface area (Å²) in [5.74, 6) is 0. The minimum absolute atomic E-state index is 0.160. The maximum absolute atomic E-state index is 6.32. The molecule has 0 saturated carbocycles. The number of benzene rings is 7. The molecule has 10 rings (SSSR count). The van der Waals surface area contributed by atoms with Crippen LogP contribution in [0, 0.1) is 0 Å². The second-order valence-electron chi connectivity index (χ2n) is 13.4. The minimum atomic E-state index is -0.160. The van der Waals surface area contributed by atoms with Gasteiger partial charge in [-0.15, -0.1) is 0 Å². The number of aromatic nitrogens is 1. The molecule has 1 aliphatic carbocycles.